The zero-order chi connectivity index (χ0) is 28.9. The summed E-state index contributed by atoms with van der Waals surface area (Å²) in [6, 6.07) is 31.0. The molecule has 214 valence electrons. The van der Waals surface area contributed by atoms with Gasteiger partial charge >= 0.3 is 0 Å². The van der Waals surface area contributed by atoms with Crippen molar-refractivity contribution in [3.63, 3.8) is 0 Å². The third-order valence-corrected chi connectivity index (χ3v) is 6.78. The van der Waals surface area contributed by atoms with E-state index in [2.05, 4.69) is 39.5 Å². The number of aromatic nitrogens is 4. The first-order valence-corrected chi connectivity index (χ1v) is 13.2. The monoisotopic (exact) mass is 560 g/mol. The van der Waals surface area contributed by atoms with Crippen LogP contribution >= 0.6 is 0 Å². The van der Waals surface area contributed by atoms with Gasteiger partial charge in [-0.05, 0) is 92.6 Å². The lowest BCUT2D eigenvalue weighted by Crippen LogP contribution is -1.82. The fourth-order valence-corrected chi connectivity index (χ4v) is 4.44. The first-order chi connectivity index (χ1) is 19.8. The highest BCUT2D eigenvalue weighted by molar-refractivity contribution is 5.73. The second-order valence-electron chi connectivity index (χ2n) is 9.97. The van der Waals surface area contributed by atoms with Crippen molar-refractivity contribution in [2.75, 3.05) is 7.11 Å². The van der Waals surface area contributed by atoms with Gasteiger partial charge < -0.3 is 14.9 Å². The number of methoxy groups -OCH3 is 1. The van der Waals surface area contributed by atoms with Crippen LogP contribution in [0.5, 0.6) is 17.2 Å². The lowest BCUT2D eigenvalue weighted by molar-refractivity contribution is 0.415. The van der Waals surface area contributed by atoms with Gasteiger partial charge in [0.2, 0.25) is 0 Å². The van der Waals surface area contributed by atoms with Crippen LogP contribution in [0.3, 0.4) is 0 Å². The number of aromatic amines is 2. The fraction of sp³-hybridized carbons (Fsp3) is 0.143. The summed E-state index contributed by atoms with van der Waals surface area (Å²) in [6.07, 6.45) is 0. The van der Waals surface area contributed by atoms with Gasteiger partial charge in [-0.3, -0.25) is 10.2 Å². The number of rotatable bonds is 5. The van der Waals surface area contributed by atoms with Crippen molar-refractivity contribution in [1.82, 2.24) is 20.4 Å². The zero-order valence-electron chi connectivity index (χ0n) is 23.4. The molecule has 0 amide bonds. The van der Waals surface area contributed by atoms with E-state index in [0.29, 0.717) is 0 Å². The van der Waals surface area contributed by atoms with E-state index in [0.717, 1.165) is 61.9 Å². The zero-order valence-corrected chi connectivity index (χ0v) is 23.4. The Morgan fingerprint density at radius 2 is 0.952 bits per heavy atom. The number of hydrogen-bond donors (Lipinski definition) is 4. The van der Waals surface area contributed by atoms with Gasteiger partial charge in [0.15, 0.2) is 0 Å². The molecule has 2 heterocycles. The highest BCUT2D eigenvalue weighted by Gasteiger charge is 2.11. The van der Waals surface area contributed by atoms with E-state index in [9.17, 15) is 10.2 Å². The smallest absolute Gasteiger partial charge is 0.125 e. The average Bonchev–Trinajstić information content (AvgIpc) is 3.65. The van der Waals surface area contributed by atoms with E-state index in [1.54, 1.807) is 19.2 Å². The van der Waals surface area contributed by atoms with Gasteiger partial charge in [0.1, 0.15) is 17.2 Å². The molecular weight excluding hydrogens is 524 g/mol. The lowest BCUT2D eigenvalue weighted by Gasteiger charge is -2.02. The van der Waals surface area contributed by atoms with Crippen LogP contribution in [0, 0.1) is 20.8 Å². The van der Waals surface area contributed by atoms with E-state index in [1.165, 1.54) is 5.56 Å². The number of H-pyrrole nitrogens is 2. The Kier molecular flexibility index (Phi) is 9.12. The third-order valence-electron chi connectivity index (χ3n) is 6.78. The van der Waals surface area contributed by atoms with Crippen molar-refractivity contribution in [3.8, 4) is 62.3 Å². The summed E-state index contributed by atoms with van der Waals surface area (Å²) in [7, 11) is 1.64. The van der Waals surface area contributed by atoms with Crippen LogP contribution in [-0.4, -0.2) is 37.7 Å². The van der Waals surface area contributed by atoms with Crippen LogP contribution in [0.4, 0.5) is 0 Å². The maximum Gasteiger partial charge on any atom is 0.125 e. The average molecular weight is 561 g/mol. The van der Waals surface area contributed by atoms with Crippen molar-refractivity contribution in [3.05, 3.63) is 114 Å². The van der Waals surface area contributed by atoms with E-state index < -0.39 is 0 Å². The number of aryl methyl sites for hydroxylation is 3. The first kappa shape index (κ1) is 29.7. The number of nitrogens with zero attached hydrogens (tertiary/aromatic N) is 2. The summed E-state index contributed by atoms with van der Waals surface area (Å²) in [4.78, 5) is 0. The molecule has 0 unspecified atom stereocenters. The fourth-order valence-electron chi connectivity index (χ4n) is 4.44. The molecule has 2 aromatic heterocycles. The van der Waals surface area contributed by atoms with Crippen LogP contribution in [0.1, 0.15) is 24.1 Å². The molecule has 0 radical (unpaired) electrons. The summed E-state index contributed by atoms with van der Waals surface area (Å²) >= 11 is 0. The highest BCUT2D eigenvalue weighted by atomic mass is 16.5. The molecule has 0 saturated carbocycles. The van der Waals surface area contributed by atoms with E-state index >= 15 is 0 Å². The molecule has 42 heavy (non-hydrogen) atoms. The maximum atomic E-state index is 10.0. The Morgan fingerprint density at radius 3 is 1.36 bits per heavy atom. The minimum Gasteiger partial charge on any atom is -0.507 e. The number of nitrogens with one attached hydrogen (secondary N) is 2. The van der Waals surface area contributed by atoms with Gasteiger partial charge in [0.05, 0.1) is 29.9 Å². The molecule has 6 rings (SSSR count). The summed E-state index contributed by atoms with van der Waals surface area (Å²) in [5.41, 5.74) is 10.1. The van der Waals surface area contributed by atoms with Crippen molar-refractivity contribution in [2.45, 2.75) is 28.2 Å². The Morgan fingerprint density at radius 1 is 0.548 bits per heavy atom. The Bertz CT molecular complexity index is 1770. The number of phenols is 2. The molecule has 0 fully saturated rings. The topological polar surface area (TPSA) is 107 Å². The Hall–Kier alpha value is -5.30. The highest BCUT2D eigenvalue weighted by Crippen LogP contribution is 2.32. The summed E-state index contributed by atoms with van der Waals surface area (Å²) in [5.74, 6) is 1.33. The molecule has 0 aliphatic heterocycles. The Balaban J connectivity index is 0.000000189. The minimum atomic E-state index is 0. The molecular formula is C35H36N4O3. The standard InChI is InChI=1S/C17H16N2O2.C17H16N2O.CH4/c1-11-3-8-14(17(20)9-11)16-10-15(18-19-16)12-4-6-13(21-2)7-5-12;1-11-3-6-13(7-4-11)15-10-16(19-18-15)14-8-5-12(2)9-17(14)20;/h3-10,20H,1-2H3,(H,18,19);3-10,20H,1-2H3,(H,18,19);1H4. The number of phenolic OH excluding ortho intramolecular Hbond substituents is 2. The summed E-state index contributed by atoms with van der Waals surface area (Å²) in [5, 5.41) is 34.6. The van der Waals surface area contributed by atoms with Crippen LogP contribution in [0.25, 0.3) is 45.0 Å². The SMILES string of the molecule is C.COc1ccc(-c2cc(-c3ccc(C)cc3O)[nH]n2)cc1.Cc1ccc(-c2cc(-c3ccc(C)cc3O)[nH]n2)cc1. The van der Waals surface area contributed by atoms with Crippen LogP contribution in [0.15, 0.2) is 97.1 Å². The van der Waals surface area contributed by atoms with Crippen molar-refractivity contribution >= 4 is 0 Å². The van der Waals surface area contributed by atoms with Crippen LogP contribution in [-0.2, 0) is 0 Å². The second-order valence-corrected chi connectivity index (χ2v) is 9.97. The molecule has 0 aliphatic carbocycles. The largest absolute Gasteiger partial charge is 0.507 e. The second kappa shape index (κ2) is 12.9. The molecule has 7 nitrogen and oxygen atoms in total. The van der Waals surface area contributed by atoms with E-state index in [4.69, 9.17) is 4.74 Å². The van der Waals surface area contributed by atoms with Gasteiger partial charge in [-0.2, -0.15) is 10.2 Å². The van der Waals surface area contributed by atoms with Gasteiger partial charge in [-0.25, -0.2) is 0 Å². The number of ether oxygens (including phenoxy) is 1. The van der Waals surface area contributed by atoms with Gasteiger partial charge in [0.25, 0.3) is 0 Å². The molecule has 0 aliphatic rings. The molecule has 0 atom stereocenters. The molecule has 6 aromatic rings. The summed E-state index contributed by atoms with van der Waals surface area (Å²) in [6.45, 7) is 5.96. The van der Waals surface area contributed by atoms with E-state index in [1.807, 2.05) is 86.6 Å². The van der Waals surface area contributed by atoms with Crippen molar-refractivity contribution in [2.24, 2.45) is 0 Å². The lowest BCUT2D eigenvalue weighted by atomic mass is 10.1. The number of benzene rings is 4. The quantitative estimate of drug-likeness (QED) is 0.169. The predicted molar refractivity (Wildman–Crippen MR) is 170 cm³/mol. The maximum absolute atomic E-state index is 10.0. The van der Waals surface area contributed by atoms with Crippen LogP contribution < -0.4 is 4.74 Å². The minimum absolute atomic E-state index is 0. The molecule has 7 heteroatoms. The molecule has 4 N–H and O–H groups in total. The van der Waals surface area contributed by atoms with Crippen molar-refractivity contribution in [1.29, 1.82) is 0 Å². The van der Waals surface area contributed by atoms with Gasteiger partial charge in [-0.1, -0.05) is 49.4 Å². The van der Waals surface area contributed by atoms with E-state index in [-0.39, 0.29) is 18.9 Å². The first-order valence-electron chi connectivity index (χ1n) is 13.2. The molecule has 0 saturated heterocycles. The van der Waals surface area contributed by atoms with Gasteiger partial charge in [-0.15, -0.1) is 0 Å². The Labute approximate surface area is 246 Å². The molecule has 0 spiro atoms. The van der Waals surface area contributed by atoms with Crippen molar-refractivity contribution < 1.29 is 14.9 Å². The van der Waals surface area contributed by atoms with Gasteiger partial charge in [0, 0.05) is 22.3 Å². The molecule has 4 aromatic carbocycles. The normalized spacial score (nSPS) is 10.4. The predicted octanol–water partition coefficient (Wildman–Crippen LogP) is 8.47. The summed E-state index contributed by atoms with van der Waals surface area (Å²) < 4.78 is 5.15. The number of hydrogen-bond acceptors (Lipinski definition) is 5. The third kappa shape index (κ3) is 6.70. The van der Waals surface area contributed by atoms with Crippen LogP contribution in [0.2, 0.25) is 0 Å². The molecule has 0 bridgehead atoms. The number of aromatic hydroxyl groups is 2.